The van der Waals surface area contributed by atoms with Crippen molar-refractivity contribution in [1.82, 2.24) is 4.90 Å². The van der Waals surface area contributed by atoms with Crippen molar-refractivity contribution >= 4 is 45.5 Å². The van der Waals surface area contributed by atoms with Gasteiger partial charge in [-0.1, -0.05) is 12.1 Å². The van der Waals surface area contributed by atoms with Gasteiger partial charge in [-0.2, -0.15) is 0 Å². The van der Waals surface area contributed by atoms with E-state index in [9.17, 15) is 9.59 Å². The van der Waals surface area contributed by atoms with Crippen LogP contribution in [0.25, 0.3) is 0 Å². The summed E-state index contributed by atoms with van der Waals surface area (Å²) in [6.07, 6.45) is 2.73. The summed E-state index contributed by atoms with van der Waals surface area (Å²) in [5.41, 5.74) is 1.01. The molecule has 1 atom stereocenters. The van der Waals surface area contributed by atoms with Gasteiger partial charge in [0.2, 0.25) is 5.91 Å². The normalized spacial score (nSPS) is 20.4. The molecule has 2 amide bonds. The first-order chi connectivity index (χ1) is 11.4. The van der Waals surface area contributed by atoms with E-state index in [1.807, 2.05) is 12.1 Å². The van der Waals surface area contributed by atoms with Crippen molar-refractivity contribution in [3.05, 3.63) is 33.9 Å². The third kappa shape index (κ3) is 3.56. The van der Waals surface area contributed by atoms with Crippen molar-refractivity contribution in [3.8, 4) is 11.5 Å². The number of carbonyl (C=O) groups excluding carboxylic acids is 2. The highest BCUT2D eigenvalue weighted by molar-refractivity contribution is 14.1. The molecule has 0 bridgehead atoms. The van der Waals surface area contributed by atoms with Gasteiger partial charge in [0, 0.05) is 6.54 Å². The largest absolute Gasteiger partial charge is 0.493 e. The lowest BCUT2D eigenvalue weighted by Crippen LogP contribution is -2.38. The van der Waals surface area contributed by atoms with Crippen LogP contribution in [-0.4, -0.2) is 41.6 Å². The summed E-state index contributed by atoms with van der Waals surface area (Å²) in [6, 6.07) is 3.77. The predicted molar refractivity (Wildman–Crippen MR) is 104 cm³/mol. The first kappa shape index (κ1) is 19.1. The number of hydrogen-bond donors (Lipinski definition) is 0. The zero-order chi connectivity index (χ0) is 17.9. The van der Waals surface area contributed by atoms with Crippen LogP contribution in [-0.2, 0) is 11.2 Å². The Morgan fingerprint density at radius 1 is 1.33 bits per heavy atom. The Morgan fingerprint density at radius 2 is 2.04 bits per heavy atom. The van der Waals surface area contributed by atoms with Gasteiger partial charge in [0.05, 0.1) is 17.8 Å². The van der Waals surface area contributed by atoms with E-state index in [0.717, 1.165) is 20.9 Å². The molecule has 1 unspecified atom stereocenters. The number of amides is 2. The molecule has 0 N–H and O–H groups in total. The molecule has 24 heavy (non-hydrogen) atoms. The molecule has 5 nitrogen and oxygen atoms in total. The van der Waals surface area contributed by atoms with Crippen LogP contribution < -0.4 is 9.47 Å². The smallest absolute Gasteiger partial charge is 0.289 e. The maximum absolute atomic E-state index is 12.5. The fraction of sp³-hybridized carbons (Fsp3) is 0.412. The van der Waals surface area contributed by atoms with Gasteiger partial charge in [0.1, 0.15) is 4.75 Å². The number of thioether (sulfide) groups is 1. The third-order valence-corrected chi connectivity index (χ3v) is 6.30. The van der Waals surface area contributed by atoms with E-state index in [1.54, 1.807) is 27.2 Å². The summed E-state index contributed by atoms with van der Waals surface area (Å²) in [5.74, 6) is 1.18. The molecule has 2 rings (SSSR count). The monoisotopic (exact) mass is 461 g/mol. The number of imide groups is 1. The number of ether oxygens (including phenoxy) is 2. The summed E-state index contributed by atoms with van der Waals surface area (Å²) < 4.78 is 10.9. The molecule has 0 aliphatic carbocycles. The number of hydrogen-bond acceptors (Lipinski definition) is 5. The van der Waals surface area contributed by atoms with E-state index in [-0.39, 0.29) is 11.1 Å². The van der Waals surface area contributed by atoms with Crippen LogP contribution in [0.1, 0.15) is 18.9 Å². The molecule has 1 saturated heterocycles. The number of carbonyl (C=O) groups is 2. The van der Waals surface area contributed by atoms with Crippen LogP contribution >= 0.6 is 34.4 Å². The number of nitrogens with zero attached hydrogens (tertiary/aromatic N) is 1. The number of allylic oxidation sites excluding steroid dienone is 1. The lowest BCUT2D eigenvalue weighted by atomic mass is 10.1. The Balaban J connectivity index is 2.15. The second-order valence-electron chi connectivity index (χ2n) is 5.57. The molecule has 1 aliphatic rings. The van der Waals surface area contributed by atoms with Gasteiger partial charge in [0.25, 0.3) is 5.24 Å². The van der Waals surface area contributed by atoms with Gasteiger partial charge in [-0.3, -0.25) is 14.5 Å². The molecular weight excluding hydrogens is 441 g/mol. The molecule has 0 radical (unpaired) electrons. The Kier molecular flexibility index (Phi) is 6.19. The molecular formula is C17H20INO4S. The third-order valence-electron chi connectivity index (χ3n) is 3.93. The summed E-state index contributed by atoms with van der Waals surface area (Å²) in [4.78, 5) is 26.1. The second-order valence-corrected chi connectivity index (χ2v) is 8.11. The van der Waals surface area contributed by atoms with Crippen LogP contribution in [0.5, 0.6) is 11.5 Å². The SMILES string of the molecule is C=CCC1(C)SC(=O)N(CCc2ccc(OC)c(OC)c2I)C1=O. The minimum atomic E-state index is -0.733. The van der Waals surface area contributed by atoms with E-state index < -0.39 is 4.75 Å². The molecule has 0 saturated carbocycles. The number of rotatable bonds is 7. The van der Waals surface area contributed by atoms with Crippen LogP contribution in [0, 0.1) is 3.57 Å². The van der Waals surface area contributed by atoms with E-state index in [1.165, 1.54) is 4.90 Å². The zero-order valence-electron chi connectivity index (χ0n) is 13.9. The Labute approximate surface area is 159 Å². The van der Waals surface area contributed by atoms with Gasteiger partial charge in [0.15, 0.2) is 11.5 Å². The van der Waals surface area contributed by atoms with Gasteiger partial charge < -0.3 is 9.47 Å². The molecule has 1 aromatic rings. The summed E-state index contributed by atoms with van der Waals surface area (Å²) in [6.45, 7) is 5.81. The maximum atomic E-state index is 12.5. The summed E-state index contributed by atoms with van der Waals surface area (Å²) in [7, 11) is 3.18. The van der Waals surface area contributed by atoms with E-state index in [4.69, 9.17) is 9.47 Å². The fourth-order valence-corrected chi connectivity index (χ4v) is 4.62. The van der Waals surface area contributed by atoms with Gasteiger partial charge in [-0.15, -0.1) is 6.58 Å². The van der Waals surface area contributed by atoms with Crippen LogP contribution in [0.2, 0.25) is 0 Å². The van der Waals surface area contributed by atoms with Crippen molar-refractivity contribution in [2.24, 2.45) is 0 Å². The molecule has 0 aromatic heterocycles. The standard InChI is InChI=1S/C17H20INO4S/c1-5-9-17(2)15(20)19(16(21)24-17)10-8-11-6-7-12(22-3)14(23-4)13(11)18/h5-7H,1,8-10H2,2-4H3. The lowest BCUT2D eigenvalue weighted by Gasteiger charge is -2.19. The second kappa shape index (κ2) is 7.77. The highest BCUT2D eigenvalue weighted by atomic mass is 127. The predicted octanol–water partition coefficient (Wildman–Crippen LogP) is 3.88. The summed E-state index contributed by atoms with van der Waals surface area (Å²) >= 11 is 3.28. The Morgan fingerprint density at radius 3 is 2.62 bits per heavy atom. The molecule has 7 heteroatoms. The fourth-order valence-electron chi connectivity index (χ4n) is 2.61. The topological polar surface area (TPSA) is 55.8 Å². The van der Waals surface area contributed by atoms with Crippen molar-refractivity contribution in [2.45, 2.75) is 24.5 Å². The molecule has 1 heterocycles. The number of methoxy groups -OCH3 is 2. The minimum absolute atomic E-state index is 0.145. The molecule has 130 valence electrons. The Bertz CT molecular complexity index is 679. The van der Waals surface area contributed by atoms with Crippen LogP contribution in [0.3, 0.4) is 0 Å². The number of halogens is 1. The van der Waals surface area contributed by atoms with Crippen molar-refractivity contribution in [3.63, 3.8) is 0 Å². The first-order valence-electron chi connectivity index (χ1n) is 7.43. The lowest BCUT2D eigenvalue weighted by molar-refractivity contribution is -0.129. The first-order valence-corrected chi connectivity index (χ1v) is 9.32. The quantitative estimate of drug-likeness (QED) is 0.456. The van der Waals surface area contributed by atoms with Crippen LogP contribution in [0.15, 0.2) is 24.8 Å². The van der Waals surface area contributed by atoms with Crippen LogP contribution in [0.4, 0.5) is 4.79 Å². The van der Waals surface area contributed by atoms with Crippen molar-refractivity contribution in [1.29, 1.82) is 0 Å². The molecule has 1 fully saturated rings. The highest BCUT2D eigenvalue weighted by Gasteiger charge is 2.48. The minimum Gasteiger partial charge on any atom is -0.493 e. The molecule has 1 aromatic carbocycles. The van der Waals surface area contributed by atoms with E-state index >= 15 is 0 Å². The van der Waals surface area contributed by atoms with Crippen molar-refractivity contribution < 1.29 is 19.1 Å². The van der Waals surface area contributed by atoms with Gasteiger partial charge in [-0.05, 0) is 65.7 Å². The van der Waals surface area contributed by atoms with Gasteiger partial charge in [-0.25, -0.2) is 0 Å². The average Bonchev–Trinajstić information content (AvgIpc) is 2.76. The van der Waals surface area contributed by atoms with E-state index in [0.29, 0.717) is 30.9 Å². The molecule has 0 spiro atoms. The van der Waals surface area contributed by atoms with Gasteiger partial charge >= 0.3 is 0 Å². The van der Waals surface area contributed by atoms with E-state index in [2.05, 4.69) is 29.2 Å². The zero-order valence-corrected chi connectivity index (χ0v) is 16.9. The highest BCUT2D eigenvalue weighted by Crippen LogP contribution is 2.40. The summed E-state index contributed by atoms with van der Waals surface area (Å²) in [5, 5.41) is -0.195. The maximum Gasteiger partial charge on any atom is 0.289 e. The number of benzene rings is 1. The molecule has 1 aliphatic heterocycles. The van der Waals surface area contributed by atoms with Crippen molar-refractivity contribution in [2.75, 3.05) is 20.8 Å². The average molecular weight is 461 g/mol. The Hall–Kier alpha value is -1.22.